The lowest BCUT2D eigenvalue weighted by Crippen LogP contribution is -2.39. The van der Waals surface area contributed by atoms with Crippen LogP contribution in [0.5, 0.6) is 0 Å². The highest BCUT2D eigenvalue weighted by Crippen LogP contribution is 2.10. The van der Waals surface area contributed by atoms with E-state index in [9.17, 15) is 16.8 Å². The van der Waals surface area contributed by atoms with E-state index >= 15 is 0 Å². The molecule has 1 heterocycles. The Kier molecular flexibility index (Phi) is 16.4. The predicted molar refractivity (Wildman–Crippen MR) is 165 cm³/mol. The van der Waals surface area contributed by atoms with Crippen LogP contribution in [0.2, 0.25) is 0 Å². The zero-order valence-corrected chi connectivity index (χ0v) is 26.9. The fourth-order valence-electron chi connectivity index (χ4n) is 4.15. The summed E-state index contributed by atoms with van der Waals surface area (Å²) in [4.78, 5) is 4.71. The predicted octanol–water partition coefficient (Wildman–Crippen LogP) is 1.65. The maximum Gasteiger partial charge on any atom is 0.240 e. The molecular weight excluding hydrogens is 604 g/mol. The SMILES string of the molecule is Cc1ccc(S(=O)(=O)NCCN2CCOCCOCCN(CCNS(=O)(=O)c3ccc(C)cc3)CCOCC2)cc1.Cl. The number of nitrogens with one attached hydrogen (secondary N) is 2. The van der Waals surface area contributed by atoms with Crippen molar-refractivity contribution >= 4 is 32.5 Å². The van der Waals surface area contributed by atoms with Crippen molar-refractivity contribution in [2.75, 3.05) is 92.0 Å². The Bertz CT molecular complexity index is 1150. The zero-order valence-electron chi connectivity index (χ0n) is 24.5. The monoisotopic (exact) mass is 648 g/mol. The molecule has 0 atom stereocenters. The van der Waals surface area contributed by atoms with Crippen LogP contribution in [0.15, 0.2) is 58.3 Å². The third kappa shape index (κ3) is 13.3. The van der Waals surface area contributed by atoms with Crippen molar-refractivity contribution in [2.24, 2.45) is 0 Å². The van der Waals surface area contributed by atoms with Gasteiger partial charge in [0.25, 0.3) is 0 Å². The molecular formula is C28H45ClN4O7S2. The van der Waals surface area contributed by atoms with Crippen LogP contribution in [-0.2, 0) is 34.3 Å². The molecule has 1 saturated heterocycles. The molecule has 0 spiro atoms. The number of halogens is 1. The Morgan fingerprint density at radius 3 is 1.21 bits per heavy atom. The van der Waals surface area contributed by atoms with E-state index in [0.717, 1.165) is 11.1 Å². The molecule has 1 fully saturated rings. The molecule has 0 aromatic heterocycles. The minimum Gasteiger partial charge on any atom is -0.379 e. The van der Waals surface area contributed by atoms with E-state index < -0.39 is 20.0 Å². The molecule has 1 aliphatic heterocycles. The maximum absolute atomic E-state index is 12.6. The molecule has 2 aromatic rings. The van der Waals surface area contributed by atoms with Crippen LogP contribution >= 0.6 is 12.4 Å². The highest BCUT2D eigenvalue weighted by Gasteiger charge is 2.16. The highest BCUT2D eigenvalue weighted by atomic mass is 35.5. The van der Waals surface area contributed by atoms with E-state index in [1.807, 2.05) is 13.8 Å². The minimum absolute atomic E-state index is 0. The van der Waals surface area contributed by atoms with Gasteiger partial charge in [-0.1, -0.05) is 35.4 Å². The van der Waals surface area contributed by atoms with Gasteiger partial charge in [-0.05, 0) is 38.1 Å². The molecule has 1 aliphatic rings. The summed E-state index contributed by atoms with van der Waals surface area (Å²) in [7, 11) is -7.15. The average molecular weight is 649 g/mol. The quantitative estimate of drug-likeness (QED) is 0.396. The highest BCUT2D eigenvalue weighted by molar-refractivity contribution is 7.89. The van der Waals surface area contributed by atoms with Crippen LogP contribution in [0.1, 0.15) is 11.1 Å². The molecule has 238 valence electrons. The average Bonchev–Trinajstić information content (AvgIpc) is 2.94. The Balaban J connectivity index is 0.00000616. The van der Waals surface area contributed by atoms with E-state index in [4.69, 9.17) is 14.2 Å². The third-order valence-corrected chi connectivity index (χ3v) is 9.64. The summed E-state index contributed by atoms with van der Waals surface area (Å²) in [5, 5.41) is 0. The van der Waals surface area contributed by atoms with E-state index in [0.29, 0.717) is 78.9 Å². The summed E-state index contributed by atoms with van der Waals surface area (Å²) in [5.41, 5.74) is 2.00. The molecule has 3 rings (SSSR count). The maximum atomic E-state index is 12.6. The van der Waals surface area contributed by atoms with Gasteiger partial charge >= 0.3 is 0 Å². The molecule has 42 heavy (non-hydrogen) atoms. The summed E-state index contributed by atoms with van der Waals surface area (Å²) < 4.78 is 73.1. The molecule has 0 unspecified atom stereocenters. The Morgan fingerprint density at radius 2 is 0.881 bits per heavy atom. The lowest BCUT2D eigenvalue weighted by molar-refractivity contribution is 0.0326. The fraction of sp³-hybridized carbons (Fsp3) is 0.571. The van der Waals surface area contributed by atoms with E-state index in [1.165, 1.54) is 0 Å². The second-order valence-electron chi connectivity index (χ2n) is 9.94. The summed E-state index contributed by atoms with van der Waals surface area (Å²) in [6, 6.07) is 13.5. The lowest BCUT2D eigenvalue weighted by Gasteiger charge is -2.23. The number of rotatable bonds is 10. The Morgan fingerprint density at radius 1 is 0.571 bits per heavy atom. The summed E-state index contributed by atoms with van der Waals surface area (Å²) in [6.07, 6.45) is 0. The molecule has 0 saturated carbocycles. The lowest BCUT2D eigenvalue weighted by atomic mass is 10.2. The molecule has 0 amide bonds. The number of hydrogen-bond acceptors (Lipinski definition) is 9. The summed E-state index contributed by atoms with van der Waals surface area (Å²) in [5.74, 6) is 0. The number of sulfonamides is 2. The number of benzene rings is 2. The second-order valence-corrected chi connectivity index (χ2v) is 13.5. The van der Waals surface area contributed by atoms with Gasteiger partial charge in [-0.25, -0.2) is 26.3 Å². The van der Waals surface area contributed by atoms with E-state index in [-0.39, 0.29) is 35.3 Å². The van der Waals surface area contributed by atoms with Crippen molar-refractivity contribution < 1.29 is 31.0 Å². The van der Waals surface area contributed by atoms with Crippen molar-refractivity contribution in [1.29, 1.82) is 0 Å². The first kappa shape index (κ1) is 36.5. The van der Waals surface area contributed by atoms with Crippen LogP contribution < -0.4 is 9.44 Å². The van der Waals surface area contributed by atoms with Crippen molar-refractivity contribution in [2.45, 2.75) is 23.6 Å². The smallest absolute Gasteiger partial charge is 0.240 e. The zero-order chi connectivity index (χ0) is 29.6. The van der Waals surface area contributed by atoms with Crippen LogP contribution in [0.3, 0.4) is 0 Å². The van der Waals surface area contributed by atoms with Gasteiger partial charge < -0.3 is 14.2 Å². The number of ether oxygens (including phenoxy) is 3. The molecule has 2 N–H and O–H groups in total. The number of hydrogen-bond donors (Lipinski definition) is 2. The largest absolute Gasteiger partial charge is 0.379 e. The van der Waals surface area contributed by atoms with Crippen LogP contribution in [-0.4, -0.2) is 119 Å². The van der Waals surface area contributed by atoms with Gasteiger partial charge in [-0.2, -0.15) is 0 Å². The molecule has 0 bridgehead atoms. The van der Waals surface area contributed by atoms with Gasteiger partial charge in [0.05, 0.1) is 49.4 Å². The van der Waals surface area contributed by atoms with Gasteiger partial charge in [0.15, 0.2) is 0 Å². The first-order chi connectivity index (χ1) is 19.7. The van der Waals surface area contributed by atoms with Gasteiger partial charge in [0.2, 0.25) is 20.0 Å². The van der Waals surface area contributed by atoms with Crippen LogP contribution in [0.4, 0.5) is 0 Å². The fourth-order valence-corrected chi connectivity index (χ4v) is 6.19. The Labute approximate surface area is 257 Å². The molecule has 2 aromatic carbocycles. The Hall–Kier alpha value is -1.65. The first-order valence-corrected chi connectivity index (χ1v) is 16.9. The van der Waals surface area contributed by atoms with Crippen LogP contribution in [0, 0.1) is 13.8 Å². The van der Waals surface area contributed by atoms with Crippen molar-refractivity contribution in [3.63, 3.8) is 0 Å². The van der Waals surface area contributed by atoms with Crippen LogP contribution in [0.25, 0.3) is 0 Å². The topological polar surface area (TPSA) is 127 Å². The normalized spacial score (nSPS) is 17.6. The van der Waals surface area contributed by atoms with Gasteiger partial charge in [-0.15, -0.1) is 12.4 Å². The number of aryl methyl sites for hydroxylation is 2. The van der Waals surface area contributed by atoms with Crippen molar-refractivity contribution in [3.05, 3.63) is 59.7 Å². The van der Waals surface area contributed by atoms with Gasteiger partial charge in [-0.3, -0.25) is 9.80 Å². The second kappa shape index (κ2) is 18.9. The molecule has 0 radical (unpaired) electrons. The molecule has 11 nitrogen and oxygen atoms in total. The van der Waals surface area contributed by atoms with Gasteiger partial charge in [0, 0.05) is 52.4 Å². The molecule has 0 aliphatic carbocycles. The van der Waals surface area contributed by atoms with Gasteiger partial charge in [0.1, 0.15) is 0 Å². The minimum atomic E-state index is -3.58. The standard InChI is InChI=1S/C28H44N4O7S2.ClH/c1-25-3-7-27(8-4-25)40(33,34)29-11-13-31-15-19-37-20-16-32(18-22-39-24-23-38-21-17-31)14-12-30-41(35,36)28-9-5-26(2)6-10-28;/h3-10,29-30H,11-24H2,1-2H3;1H. The van der Waals surface area contributed by atoms with E-state index in [1.54, 1.807) is 48.5 Å². The van der Waals surface area contributed by atoms with Crippen molar-refractivity contribution in [1.82, 2.24) is 19.2 Å². The summed E-state index contributed by atoms with van der Waals surface area (Å²) >= 11 is 0. The third-order valence-electron chi connectivity index (χ3n) is 6.68. The first-order valence-electron chi connectivity index (χ1n) is 14.0. The van der Waals surface area contributed by atoms with Crippen molar-refractivity contribution in [3.8, 4) is 0 Å². The summed E-state index contributed by atoms with van der Waals surface area (Å²) in [6.45, 7) is 10.8. The van der Waals surface area contributed by atoms with E-state index in [2.05, 4.69) is 19.2 Å². The number of nitrogens with zero attached hydrogens (tertiary/aromatic N) is 2. The molecule has 14 heteroatoms.